The van der Waals surface area contributed by atoms with Gasteiger partial charge in [-0.3, -0.25) is 4.79 Å². The van der Waals surface area contributed by atoms with Gasteiger partial charge in [0.15, 0.2) is 6.10 Å². The number of halogens is 1. The van der Waals surface area contributed by atoms with E-state index in [-0.39, 0.29) is 5.91 Å². The predicted molar refractivity (Wildman–Crippen MR) is 101 cm³/mol. The number of rotatable bonds is 8. The van der Waals surface area contributed by atoms with E-state index in [9.17, 15) is 4.79 Å². The zero-order valence-corrected chi connectivity index (χ0v) is 15.5. The van der Waals surface area contributed by atoms with Crippen molar-refractivity contribution >= 4 is 29.3 Å². The van der Waals surface area contributed by atoms with Gasteiger partial charge in [-0.15, -0.1) is 11.8 Å². The molecule has 0 aliphatic heterocycles. The SMILES string of the molecule is CC[C@H](Oc1ccccc1C)C(=O)NCCSc1ccc(Cl)cc1. The highest BCUT2D eigenvalue weighted by atomic mass is 35.5. The molecule has 0 aromatic heterocycles. The Morgan fingerprint density at radius 1 is 1.21 bits per heavy atom. The molecule has 0 unspecified atom stereocenters. The topological polar surface area (TPSA) is 38.3 Å². The van der Waals surface area contributed by atoms with Crippen LogP contribution in [0.25, 0.3) is 0 Å². The summed E-state index contributed by atoms with van der Waals surface area (Å²) in [4.78, 5) is 13.4. The lowest BCUT2D eigenvalue weighted by Gasteiger charge is -2.18. The zero-order valence-electron chi connectivity index (χ0n) is 13.9. The number of aryl methyl sites for hydroxylation is 1. The van der Waals surface area contributed by atoms with Gasteiger partial charge in [0.2, 0.25) is 0 Å². The fourth-order valence-electron chi connectivity index (χ4n) is 2.15. The van der Waals surface area contributed by atoms with Gasteiger partial charge in [-0.1, -0.05) is 36.7 Å². The minimum Gasteiger partial charge on any atom is -0.480 e. The molecule has 0 aliphatic rings. The van der Waals surface area contributed by atoms with E-state index in [1.54, 1.807) is 11.8 Å². The van der Waals surface area contributed by atoms with Crippen LogP contribution in [0.1, 0.15) is 18.9 Å². The third-order valence-corrected chi connectivity index (χ3v) is 4.78. The number of amides is 1. The Balaban J connectivity index is 1.77. The molecule has 1 amide bonds. The number of nitrogens with one attached hydrogen (secondary N) is 1. The number of para-hydroxylation sites is 1. The first kappa shape index (κ1) is 18.7. The molecule has 0 spiro atoms. The first-order valence-corrected chi connectivity index (χ1v) is 9.35. The molecule has 0 radical (unpaired) electrons. The van der Waals surface area contributed by atoms with Gasteiger partial charge >= 0.3 is 0 Å². The fourth-order valence-corrected chi connectivity index (χ4v) is 3.05. The number of carbonyl (C=O) groups excluding carboxylic acids is 1. The van der Waals surface area contributed by atoms with Crippen LogP contribution in [0.2, 0.25) is 5.02 Å². The molecule has 1 N–H and O–H groups in total. The third-order valence-electron chi connectivity index (χ3n) is 3.51. The van der Waals surface area contributed by atoms with E-state index < -0.39 is 6.10 Å². The van der Waals surface area contributed by atoms with Gasteiger partial charge in [0.05, 0.1) is 0 Å². The van der Waals surface area contributed by atoms with E-state index in [1.165, 1.54) is 0 Å². The van der Waals surface area contributed by atoms with E-state index >= 15 is 0 Å². The van der Waals surface area contributed by atoms with E-state index in [4.69, 9.17) is 16.3 Å². The van der Waals surface area contributed by atoms with Crippen LogP contribution in [0, 0.1) is 6.92 Å². The van der Waals surface area contributed by atoms with Crippen molar-refractivity contribution in [2.24, 2.45) is 0 Å². The van der Waals surface area contributed by atoms with Gasteiger partial charge in [-0.25, -0.2) is 0 Å². The van der Waals surface area contributed by atoms with Crippen LogP contribution in [-0.2, 0) is 4.79 Å². The standard InChI is InChI=1S/C19H22ClNO2S/c1-3-17(23-18-7-5-4-6-14(18)2)19(22)21-12-13-24-16-10-8-15(20)9-11-16/h4-11,17H,3,12-13H2,1-2H3,(H,21,22)/t17-/m0/s1. The smallest absolute Gasteiger partial charge is 0.261 e. The van der Waals surface area contributed by atoms with Crippen molar-refractivity contribution in [1.82, 2.24) is 5.32 Å². The number of hydrogen-bond donors (Lipinski definition) is 1. The zero-order chi connectivity index (χ0) is 17.4. The molecule has 5 heteroatoms. The molecule has 2 rings (SSSR count). The quantitative estimate of drug-likeness (QED) is 0.545. The first-order chi connectivity index (χ1) is 11.6. The molecule has 1 atom stereocenters. The second kappa shape index (κ2) is 9.60. The van der Waals surface area contributed by atoms with Crippen LogP contribution in [0.4, 0.5) is 0 Å². The second-order valence-electron chi connectivity index (χ2n) is 5.37. The Morgan fingerprint density at radius 2 is 1.92 bits per heavy atom. The van der Waals surface area contributed by atoms with Crippen LogP contribution in [-0.4, -0.2) is 24.3 Å². The van der Waals surface area contributed by atoms with Crippen molar-refractivity contribution < 1.29 is 9.53 Å². The average molecular weight is 364 g/mol. The average Bonchev–Trinajstić information content (AvgIpc) is 2.59. The van der Waals surface area contributed by atoms with Gasteiger partial charge in [-0.05, 0) is 49.2 Å². The van der Waals surface area contributed by atoms with Crippen LogP contribution >= 0.6 is 23.4 Å². The summed E-state index contributed by atoms with van der Waals surface area (Å²) in [6.45, 7) is 4.52. The molecular formula is C19H22ClNO2S. The molecule has 0 fully saturated rings. The fraction of sp³-hybridized carbons (Fsp3) is 0.316. The van der Waals surface area contributed by atoms with Gasteiger partial charge < -0.3 is 10.1 Å². The summed E-state index contributed by atoms with van der Waals surface area (Å²) < 4.78 is 5.85. The maximum Gasteiger partial charge on any atom is 0.261 e. The molecule has 0 saturated heterocycles. The van der Waals surface area contributed by atoms with Crippen molar-refractivity contribution in [2.75, 3.05) is 12.3 Å². The van der Waals surface area contributed by atoms with Gasteiger partial charge in [-0.2, -0.15) is 0 Å². The van der Waals surface area contributed by atoms with Crippen molar-refractivity contribution in [2.45, 2.75) is 31.3 Å². The lowest BCUT2D eigenvalue weighted by molar-refractivity contribution is -0.128. The third kappa shape index (κ3) is 5.77. The summed E-state index contributed by atoms with van der Waals surface area (Å²) in [5.74, 6) is 1.49. The lowest BCUT2D eigenvalue weighted by atomic mass is 10.2. The highest BCUT2D eigenvalue weighted by Crippen LogP contribution is 2.20. The van der Waals surface area contributed by atoms with E-state index in [2.05, 4.69) is 5.32 Å². The molecular weight excluding hydrogens is 342 g/mol. The molecule has 0 heterocycles. The summed E-state index contributed by atoms with van der Waals surface area (Å²) in [5.41, 5.74) is 1.03. The maximum absolute atomic E-state index is 12.3. The number of benzene rings is 2. The van der Waals surface area contributed by atoms with E-state index in [1.807, 2.05) is 62.4 Å². The van der Waals surface area contributed by atoms with Crippen molar-refractivity contribution in [1.29, 1.82) is 0 Å². The largest absolute Gasteiger partial charge is 0.480 e. The molecule has 0 bridgehead atoms. The van der Waals surface area contributed by atoms with Crippen LogP contribution in [0.15, 0.2) is 53.4 Å². The number of ether oxygens (including phenoxy) is 1. The molecule has 24 heavy (non-hydrogen) atoms. The Bertz CT molecular complexity index is 661. The first-order valence-electron chi connectivity index (χ1n) is 7.98. The summed E-state index contributed by atoms with van der Waals surface area (Å²) in [7, 11) is 0. The summed E-state index contributed by atoms with van der Waals surface area (Å²) in [5, 5.41) is 3.67. The van der Waals surface area contributed by atoms with E-state index in [0.29, 0.717) is 13.0 Å². The summed E-state index contributed by atoms with van der Waals surface area (Å²) in [6.07, 6.45) is 0.163. The van der Waals surface area contributed by atoms with Gasteiger partial charge in [0, 0.05) is 22.2 Å². The molecule has 128 valence electrons. The second-order valence-corrected chi connectivity index (χ2v) is 6.98. The summed E-state index contributed by atoms with van der Waals surface area (Å²) in [6, 6.07) is 15.4. The van der Waals surface area contributed by atoms with Crippen molar-refractivity contribution in [3.63, 3.8) is 0 Å². The van der Waals surface area contributed by atoms with Crippen LogP contribution in [0.3, 0.4) is 0 Å². The minimum atomic E-state index is -0.466. The highest BCUT2D eigenvalue weighted by Gasteiger charge is 2.18. The number of hydrogen-bond acceptors (Lipinski definition) is 3. The van der Waals surface area contributed by atoms with Crippen LogP contribution in [0.5, 0.6) is 5.75 Å². The predicted octanol–water partition coefficient (Wildman–Crippen LogP) is 4.71. The van der Waals surface area contributed by atoms with Crippen LogP contribution < -0.4 is 10.1 Å². The maximum atomic E-state index is 12.3. The molecule has 2 aromatic rings. The Morgan fingerprint density at radius 3 is 2.58 bits per heavy atom. The van der Waals surface area contributed by atoms with Crippen molar-refractivity contribution in [3.8, 4) is 5.75 Å². The number of carbonyl (C=O) groups is 1. The normalized spacial score (nSPS) is 11.8. The van der Waals surface area contributed by atoms with E-state index in [0.717, 1.165) is 27.0 Å². The number of thioether (sulfide) groups is 1. The molecule has 0 aliphatic carbocycles. The monoisotopic (exact) mass is 363 g/mol. The Labute approximate surface area is 152 Å². The molecule has 3 nitrogen and oxygen atoms in total. The molecule has 2 aromatic carbocycles. The summed E-state index contributed by atoms with van der Waals surface area (Å²) >= 11 is 7.55. The Kier molecular flexibility index (Phi) is 7.47. The van der Waals surface area contributed by atoms with Gasteiger partial charge in [0.25, 0.3) is 5.91 Å². The minimum absolute atomic E-state index is 0.0718. The molecule has 0 saturated carbocycles. The van der Waals surface area contributed by atoms with Crippen molar-refractivity contribution in [3.05, 3.63) is 59.1 Å². The lowest BCUT2D eigenvalue weighted by Crippen LogP contribution is -2.39. The van der Waals surface area contributed by atoms with Gasteiger partial charge in [0.1, 0.15) is 5.75 Å². The Hall–Kier alpha value is -1.65. The highest BCUT2D eigenvalue weighted by molar-refractivity contribution is 7.99.